The first-order valence-corrected chi connectivity index (χ1v) is 5.27. The van der Waals surface area contributed by atoms with Crippen LogP contribution in [0.2, 0.25) is 0 Å². The van der Waals surface area contributed by atoms with Crippen LogP contribution in [-0.4, -0.2) is 32.1 Å². The summed E-state index contributed by atoms with van der Waals surface area (Å²) in [6, 6.07) is 8.38. The van der Waals surface area contributed by atoms with Gasteiger partial charge < -0.3 is 10.5 Å². The summed E-state index contributed by atoms with van der Waals surface area (Å²) in [6.45, 7) is 3.76. The van der Waals surface area contributed by atoms with Crippen molar-refractivity contribution in [2.75, 3.05) is 27.2 Å². The lowest BCUT2D eigenvalue weighted by Gasteiger charge is -2.26. The molecule has 0 spiro atoms. The van der Waals surface area contributed by atoms with Crippen LogP contribution in [0.5, 0.6) is 5.75 Å². The first-order chi connectivity index (χ1) is 7.22. The normalized spacial score (nSPS) is 12.9. The van der Waals surface area contributed by atoms with Gasteiger partial charge in [-0.2, -0.15) is 0 Å². The van der Waals surface area contributed by atoms with Gasteiger partial charge in [0, 0.05) is 12.6 Å². The summed E-state index contributed by atoms with van der Waals surface area (Å²) in [5.41, 5.74) is 7.02. The van der Waals surface area contributed by atoms with Crippen molar-refractivity contribution in [3.05, 3.63) is 29.8 Å². The highest BCUT2D eigenvalue weighted by atomic mass is 16.5. The van der Waals surface area contributed by atoms with Crippen molar-refractivity contribution in [2.45, 2.75) is 13.0 Å². The molecule has 0 saturated heterocycles. The number of benzene rings is 1. The second-order valence-corrected chi connectivity index (χ2v) is 3.60. The van der Waals surface area contributed by atoms with Gasteiger partial charge in [-0.3, -0.25) is 4.90 Å². The summed E-state index contributed by atoms with van der Waals surface area (Å²) in [4.78, 5) is 2.24. The SMILES string of the molecule is CCN(C)C(CN)c1ccc(OC)cc1. The minimum atomic E-state index is 0.293. The molecule has 0 bridgehead atoms. The van der Waals surface area contributed by atoms with Crippen LogP contribution in [0.25, 0.3) is 0 Å². The second-order valence-electron chi connectivity index (χ2n) is 3.60. The van der Waals surface area contributed by atoms with Gasteiger partial charge in [-0.1, -0.05) is 19.1 Å². The summed E-state index contributed by atoms with van der Waals surface area (Å²) >= 11 is 0. The molecule has 0 radical (unpaired) electrons. The quantitative estimate of drug-likeness (QED) is 0.799. The Kier molecular flexibility index (Phi) is 4.59. The second kappa shape index (κ2) is 5.73. The number of hydrogen-bond acceptors (Lipinski definition) is 3. The van der Waals surface area contributed by atoms with Crippen molar-refractivity contribution in [3.63, 3.8) is 0 Å². The van der Waals surface area contributed by atoms with E-state index < -0.39 is 0 Å². The van der Waals surface area contributed by atoms with Crippen LogP contribution in [0, 0.1) is 0 Å². The van der Waals surface area contributed by atoms with Crippen LogP contribution in [0.4, 0.5) is 0 Å². The topological polar surface area (TPSA) is 38.5 Å². The molecule has 0 aliphatic rings. The standard InChI is InChI=1S/C12H20N2O/c1-4-14(2)12(9-13)10-5-7-11(15-3)8-6-10/h5-8,12H,4,9,13H2,1-3H3. The molecule has 1 atom stereocenters. The molecule has 0 amide bonds. The van der Waals surface area contributed by atoms with Gasteiger partial charge in [-0.05, 0) is 31.3 Å². The number of methoxy groups -OCH3 is 1. The van der Waals surface area contributed by atoms with Gasteiger partial charge in [-0.25, -0.2) is 0 Å². The zero-order valence-corrected chi connectivity index (χ0v) is 9.73. The summed E-state index contributed by atoms with van der Waals surface area (Å²) in [5, 5.41) is 0. The highest BCUT2D eigenvalue weighted by Crippen LogP contribution is 2.20. The lowest BCUT2D eigenvalue weighted by atomic mass is 10.1. The molecule has 2 N–H and O–H groups in total. The van der Waals surface area contributed by atoms with E-state index in [1.807, 2.05) is 12.1 Å². The van der Waals surface area contributed by atoms with Crippen molar-refractivity contribution in [2.24, 2.45) is 5.73 Å². The third-order valence-electron chi connectivity index (χ3n) is 2.75. The van der Waals surface area contributed by atoms with E-state index in [-0.39, 0.29) is 0 Å². The zero-order valence-electron chi connectivity index (χ0n) is 9.73. The third kappa shape index (κ3) is 2.94. The number of ether oxygens (including phenoxy) is 1. The van der Waals surface area contributed by atoms with E-state index in [9.17, 15) is 0 Å². The van der Waals surface area contributed by atoms with Crippen molar-refractivity contribution in [1.29, 1.82) is 0 Å². The largest absolute Gasteiger partial charge is 0.497 e. The van der Waals surface area contributed by atoms with Gasteiger partial charge in [0.05, 0.1) is 7.11 Å². The van der Waals surface area contributed by atoms with E-state index in [1.54, 1.807) is 7.11 Å². The summed E-state index contributed by atoms with van der Waals surface area (Å²) in [5.74, 6) is 0.883. The molecule has 84 valence electrons. The summed E-state index contributed by atoms with van der Waals surface area (Å²) in [7, 11) is 3.76. The molecule has 3 heteroatoms. The molecule has 1 unspecified atom stereocenters. The van der Waals surface area contributed by atoms with Crippen LogP contribution in [0.15, 0.2) is 24.3 Å². The van der Waals surface area contributed by atoms with E-state index in [1.165, 1.54) is 5.56 Å². The molecule has 1 aromatic carbocycles. The van der Waals surface area contributed by atoms with Crippen LogP contribution < -0.4 is 10.5 Å². The monoisotopic (exact) mass is 208 g/mol. The van der Waals surface area contributed by atoms with E-state index in [2.05, 4.69) is 31.0 Å². The first-order valence-electron chi connectivity index (χ1n) is 5.27. The Morgan fingerprint density at radius 3 is 2.33 bits per heavy atom. The molecule has 0 heterocycles. The first kappa shape index (κ1) is 12.0. The predicted molar refractivity (Wildman–Crippen MR) is 63.1 cm³/mol. The maximum Gasteiger partial charge on any atom is 0.118 e. The molecule has 15 heavy (non-hydrogen) atoms. The zero-order chi connectivity index (χ0) is 11.3. The van der Waals surface area contributed by atoms with Crippen molar-refractivity contribution in [3.8, 4) is 5.75 Å². The Bertz CT molecular complexity index is 284. The minimum absolute atomic E-state index is 0.293. The summed E-state index contributed by atoms with van der Waals surface area (Å²) < 4.78 is 5.12. The van der Waals surface area contributed by atoms with Crippen molar-refractivity contribution in [1.82, 2.24) is 4.90 Å². The molecule has 0 fully saturated rings. The van der Waals surface area contributed by atoms with Crippen LogP contribution >= 0.6 is 0 Å². The fourth-order valence-electron chi connectivity index (χ4n) is 1.62. The Hall–Kier alpha value is -1.06. The van der Waals surface area contributed by atoms with E-state index in [4.69, 9.17) is 10.5 Å². The van der Waals surface area contributed by atoms with Crippen LogP contribution in [0.1, 0.15) is 18.5 Å². The number of nitrogens with zero attached hydrogens (tertiary/aromatic N) is 1. The molecule has 0 aliphatic carbocycles. The van der Waals surface area contributed by atoms with Gasteiger partial charge in [0.25, 0.3) is 0 Å². The van der Waals surface area contributed by atoms with E-state index >= 15 is 0 Å². The predicted octanol–water partition coefficient (Wildman–Crippen LogP) is 1.65. The molecular formula is C12H20N2O. The molecule has 0 aromatic heterocycles. The summed E-state index contributed by atoms with van der Waals surface area (Å²) in [6.07, 6.45) is 0. The molecule has 3 nitrogen and oxygen atoms in total. The van der Waals surface area contributed by atoms with Crippen LogP contribution in [0.3, 0.4) is 0 Å². The third-order valence-corrected chi connectivity index (χ3v) is 2.75. The van der Waals surface area contributed by atoms with Gasteiger partial charge >= 0.3 is 0 Å². The Morgan fingerprint density at radius 1 is 1.33 bits per heavy atom. The minimum Gasteiger partial charge on any atom is -0.497 e. The van der Waals surface area contributed by atoms with Gasteiger partial charge in [0.1, 0.15) is 5.75 Å². The number of likely N-dealkylation sites (N-methyl/N-ethyl adjacent to an activating group) is 1. The van der Waals surface area contributed by atoms with Gasteiger partial charge in [0.15, 0.2) is 0 Å². The van der Waals surface area contributed by atoms with E-state index in [0.717, 1.165) is 12.3 Å². The molecular weight excluding hydrogens is 188 g/mol. The Morgan fingerprint density at radius 2 is 1.93 bits per heavy atom. The molecule has 1 aromatic rings. The van der Waals surface area contributed by atoms with Gasteiger partial charge in [0.2, 0.25) is 0 Å². The van der Waals surface area contributed by atoms with Gasteiger partial charge in [-0.15, -0.1) is 0 Å². The highest BCUT2D eigenvalue weighted by molar-refractivity contribution is 5.29. The maximum atomic E-state index is 5.78. The fraction of sp³-hybridized carbons (Fsp3) is 0.500. The van der Waals surface area contributed by atoms with Crippen LogP contribution in [-0.2, 0) is 0 Å². The Balaban J connectivity index is 2.83. The van der Waals surface area contributed by atoms with Crippen molar-refractivity contribution < 1.29 is 4.74 Å². The fourth-order valence-corrected chi connectivity index (χ4v) is 1.62. The number of hydrogen-bond donors (Lipinski definition) is 1. The van der Waals surface area contributed by atoms with E-state index in [0.29, 0.717) is 12.6 Å². The highest BCUT2D eigenvalue weighted by Gasteiger charge is 2.13. The maximum absolute atomic E-state index is 5.78. The lowest BCUT2D eigenvalue weighted by Crippen LogP contribution is -2.30. The number of rotatable bonds is 5. The average Bonchev–Trinajstić information content (AvgIpc) is 2.30. The molecule has 0 aliphatic heterocycles. The molecule has 0 saturated carbocycles. The van der Waals surface area contributed by atoms with Crippen molar-refractivity contribution >= 4 is 0 Å². The Labute approximate surface area is 91.8 Å². The number of nitrogens with two attached hydrogens (primary N) is 1. The molecule has 1 rings (SSSR count). The lowest BCUT2D eigenvalue weighted by molar-refractivity contribution is 0.263. The smallest absolute Gasteiger partial charge is 0.118 e. The average molecular weight is 208 g/mol.